The van der Waals surface area contributed by atoms with Crippen LogP contribution in [0.25, 0.3) is 0 Å². The van der Waals surface area contributed by atoms with Crippen LogP contribution in [-0.4, -0.2) is 50.0 Å². The second-order valence-corrected chi connectivity index (χ2v) is 11.2. The zero-order valence-corrected chi connectivity index (χ0v) is 18.1. The molecule has 1 aromatic heterocycles. The number of hydrogen-bond donors (Lipinski definition) is 3. The summed E-state index contributed by atoms with van der Waals surface area (Å²) in [6.45, 7) is 0. The van der Waals surface area contributed by atoms with Gasteiger partial charge in [0.05, 0.1) is 0 Å². The van der Waals surface area contributed by atoms with Gasteiger partial charge in [-0.2, -0.15) is 0 Å². The summed E-state index contributed by atoms with van der Waals surface area (Å²) in [5, 5.41) is 7.46. The van der Waals surface area contributed by atoms with Gasteiger partial charge in [0.25, 0.3) is 5.08 Å². The molecule has 31 heavy (non-hydrogen) atoms. The Morgan fingerprint density at radius 1 is 1.26 bits per heavy atom. The standard InChI is InChI=1S/C17H19FN2O9P2/c1-20(2)16(21)27-12-5-6-14(18)13(8-12)15-28-30(23,24)17(22,31(25,26)29-15)9-11-4-3-7-19-10-11/h3-8,10,15,22H,9H2,1-2H3,(H,23,24)(H,25,26). The van der Waals surface area contributed by atoms with E-state index in [9.17, 15) is 33.2 Å². The Bertz CT molecular complexity index is 1060. The maximum Gasteiger partial charge on any atom is 0.414 e. The molecule has 1 aliphatic heterocycles. The third-order valence-electron chi connectivity index (χ3n) is 4.34. The predicted octanol–water partition coefficient (Wildman–Crippen LogP) is 2.59. The fraction of sp³-hybridized carbons (Fsp3) is 0.294. The van der Waals surface area contributed by atoms with Crippen molar-refractivity contribution in [2.24, 2.45) is 0 Å². The van der Waals surface area contributed by atoms with Crippen LogP contribution in [0.5, 0.6) is 5.75 Å². The smallest absolute Gasteiger partial charge is 0.410 e. The molecule has 3 rings (SSSR count). The van der Waals surface area contributed by atoms with E-state index in [2.05, 4.69) is 4.98 Å². The molecule has 2 unspecified atom stereocenters. The summed E-state index contributed by atoms with van der Waals surface area (Å²) in [5.74, 6) is -1.22. The van der Waals surface area contributed by atoms with E-state index < -0.39 is 50.5 Å². The molecule has 0 radical (unpaired) electrons. The third-order valence-corrected chi connectivity index (χ3v) is 8.94. The van der Waals surface area contributed by atoms with Crippen molar-refractivity contribution in [2.75, 3.05) is 14.1 Å². The maximum absolute atomic E-state index is 14.4. The predicted molar refractivity (Wildman–Crippen MR) is 104 cm³/mol. The molecule has 1 aliphatic rings. The molecule has 1 aromatic carbocycles. The Hall–Kier alpha value is -2.17. The molecule has 3 N–H and O–H groups in total. The molecule has 0 saturated carbocycles. The van der Waals surface area contributed by atoms with Gasteiger partial charge >= 0.3 is 21.3 Å². The minimum Gasteiger partial charge on any atom is -0.410 e. The van der Waals surface area contributed by atoms with Crippen LogP contribution in [0, 0.1) is 5.82 Å². The minimum atomic E-state index is -5.29. The SMILES string of the molecule is CN(C)C(=O)Oc1ccc(F)c(C2OP(=O)(O)C(O)(Cc3cccnc3)P(=O)(O)O2)c1. The Morgan fingerprint density at radius 2 is 1.90 bits per heavy atom. The van der Waals surface area contributed by atoms with E-state index in [1.54, 1.807) is 0 Å². The summed E-state index contributed by atoms with van der Waals surface area (Å²) in [4.78, 5) is 37.2. The lowest BCUT2D eigenvalue weighted by Crippen LogP contribution is -2.38. The summed E-state index contributed by atoms with van der Waals surface area (Å²) in [5.41, 5.74) is -0.431. The summed E-state index contributed by atoms with van der Waals surface area (Å²) in [6, 6.07) is 5.71. The Morgan fingerprint density at radius 3 is 2.45 bits per heavy atom. The normalized spacial score (nSPS) is 30.6. The highest BCUT2D eigenvalue weighted by Crippen LogP contribution is 2.79. The van der Waals surface area contributed by atoms with Crippen molar-refractivity contribution in [3.63, 3.8) is 0 Å². The van der Waals surface area contributed by atoms with E-state index in [0.29, 0.717) is 0 Å². The van der Waals surface area contributed by atoms with Gasteiger partial charge in [-0.1, -0.05) is 6.07 Å². The van der Waals surface area contributed by atoms with Crippen molar-refractivity contribution in [3.8, 4) is 5.75 Å². The maximum atomic E-state index is 14.4. The van der Waals surface area contributed by atoms with Gasteiger partial charge in [-0.05, 0) is 29.8 Å². The van der Waals surface area contributed by atoms with Crippen LogP contribution >= 0.6 is 15.2 Å². The van der Waals surface area contributed by atoms with Gasteiger partial charge in [0, 0.05) is 38.5 Å². The van der Waals surface area contributed by atoms with Gasteiger partial charge in [0.2, 0.25) is 6.29 Å². The van der Waals surface area contributed by atoms with Crippen LogP contribution < -0.4 is 4.74 Å². The van der Waals surface area contributed by atoms with E-state index in [0.717, 1.165) is 23.1 Å². The average Bonchev–Trinajstić information content (AvgIpc) is 2.68. The topological polar surface area (TPSA) is 156 Å². The van der Waals surface area contributed by atoms with Gasteiger partial charge in [0.15, 0.2) is 0 Å². The van der Waals surface area contributed by atoms with Crippen LogP contribution in [0.2, 0.25) is 0 Å². The monoisotopic (exact) mass is 476 g/mol. The van der Waals surface area contributed by atoms with Gasteiger partial charge in [-0.25, -0.2) is 9.18 Å². The quantitative estimate of drug-likeness (QED) is 0.561. The zero-order valence-electron chi connectivity index (χ0n) is 16.3. The highest BCUT2D eigenvalue weighted by atomic mass is 31.2. The molecule has 11 nitrogen and oxygen atoms in total. The van der Waals surface area contributed by atoms with E-state index in [1.807, 2.05) is 0 Å². The van der Waals surface area contributed by atoms with Crippen molar-refractivity contribution in [3.05, 3.63) is 59.7 Å². The molecule has 0 aliphatic carbocycles. The number of aliphatic hydroxyl groups is 1. The van der Waals surface area contributed by atoms with Crippen LogP contribution in [0.4, 0.5) is 9.18 Å². The first-order valence-corrected chi connectivity index (χ1v) is 11.8. The van der Waals surface area contributed by atoms with Gasteiger partial charge in [-0.3, -0.25) is 23.2 Å². The zero-order chi connectivity index (χ0) is 23.0. The van der Waals surface area contributed by atoms with Crippen LogP contribution in [0.3, 0.4) is 0 Å². The first-order valence-electron chi connectivity index (χ1n) is 8.69. The second-order valence-electron chi connectivity index (χ2n) is 6.84. The highest BCUT2D eigenvalue weighted by Gasteiger charge is 2.67. The van der Waals surface area contributed by atoms with Gasteiger partial charge in [-0.15, -0.1) is 0 Å². The molecular formula is C17H19FN2O9P2. The van der Waals surface area contributed by atoms with E-state index >= 15 is 0 Å². The Kier molecular flexibility index (Phi) is 6.37. The summed E-state index contributed by atoms with van der Waals surface area (Å²) in [6.07, 6.45) is -1.12. The number of amides is 1. The van der Waals surface area contributed by atoms with Crippen LogP contribution in [0.1, 0.15) is 17.4 Å². The van der Waals surface area contributed by atoms with Crippen molar-refractivity contribution in [2.45, 2.75) is 17.8 Å². The number of ether oxygens (including phenoxy) is 1. The molecule has 2 heterocycles. The molecule has 0 spiro atoms. The van der Waals surface area contributed by atoms with Gasteiger partial charge in [0.1, 0.15) is 11.6 Å². The molecule has 1 amide bonds. The lowest BCUT2D eigenvalue weighted by molar-refractivity contribution is -0.0597. The Balaban J connectivity index is 1.94. The van der Waals surface area contributed by atoms with E-state index in [1.165, 1.54) is 38.6 Å². The molecule has 1 fully saturated rings. The third kappa shape index (κ3) is 4.56. The number of pyridine rings is 1. The van der Waals surface area contributed by atoms with E-state index in [4.69, 9.17) is 13.8 Å². The van der Waals surface area contributed by atoms with Crippen LogP contribution in [0.15, 0.2) is 42.7 Å². The second kappa shape index (κ2) is 8.40. The number of aromatic nitrogens is 1. The molecule has 1 saturated heterocycles. The molecule has 2 atom stereocenters. The first-order chi connectivity index (χ1) is 14.4. The lowest BCUT2D eigenvalue weighted by Gasteiger charge is -2.41. The van der Waals surface area contributed by atoms with E-state index in [-0.39, 0.29) is 11.3 Å². The molecule has 0 bridgehead atoms. The number of nitrogens with zero attached hydrogens (tertiary/aromatic N) is 2. The molecule has 168 valence electrons. The molecule has 2 aromatic rings. The summed E-state index contributed by atoms with van der Waals surface area (Å²) >= 11 is 0. The summed E-state index contributed by atoms with van der Waals surface area (Å²) < 4.78 is 54.7. The number of halogens is 1. The number of carbonyl (C=O) groups excluding carboxylic acids is 1. The first kappa shape index (κ1) is 23.5. The minimum absolute atomic E-state index is 0.156. The number of rotatable bonds is 4. The Labute approximate surface area is 176 Å². The highest BCUT2D eigenvalue weighted by molar-refractivity contribution is 7.73. The number of hydrogen-bond acceptors (Lipinski definition) is 8. The van der Waals surface area contributed by atoms with Gasteiger partial charge < -0.3 is 24.5 Å². The summed E-state index contributed by atoms with van der Waals surface area (Å²) in [7, 11) is -7.76. The lowest BCUT2D eigenvalue weighted by atomic mass is 10.2. The average molecular weight is 476 g/mol. The van der Waals surface area contributed by atoms with Crippen LogP contribution in [-0.2, 0) is 24.6 Å². The number of benzene rings is 1. The molecule has 14 heteroatoms. The fourth-order valence-electron chi connectivity index (χ4n) is 2.66. The molecular weight excluding hydrogens is 457 g/mol. The van der Waals surface area contributed by atoms with Crippen molar-refractivity contribution >= 4 is 21.3 Å². The van der Waals surface area contributed by atoms with Crippen molar-refractivity contribution in [1.82, 2.24) is 9.88 Å². The fourth-order valence-corrected chi connectivity index (χ4v) is 6.22. The number of carbonyl (C=O) groups is 1. The van der Waals surface area contributed by atoms with Crippen molar-refractivity contribution in [1.29, 1.82) is 0 Å². The largest absolute Gasteiger partial charge is 0.414 e. The van der Waals surface area contributed by atoms with Crippen molar-refractivity contribution < 1.29 is 47.0 Å².